The number of rotatable bonds is 0. The van der Waals surface area contributed by atoms with E-state index in [4.69, 9.17) is 12.2 Å². The van der Waals surface area contributed by atoms with Gasteiger partial charge in [0.05, 0.1) is 5.56 Å². The smallest absolute Gasteiger partial charge is 0.119 e. The van der Waals surface area contributed by atoms with E-state index in [2.05, 4.69) is 5.92 Å². The second-order valence-electron chi connectivity index (χ2n) is 1.87. The summed E-state index contributed by atoms with van der Waals surface area (Å²) in [6.45, 7) is 0. The summed E-state index contributed by atoms with van der Waals surface area (Å²) in [5, 5.41) is 0. The Kier molecular flexibility index (Phi) is 1.20. The highest BCUT2D eigenvalue weighted by Gasteiger charge is 1.96. The summed E-state index contributed by atoms with van der Waals surface area (Å²) in [7, 11) is 1.86. The number of hydrogen-bond acceptors (Lipinski definition) is 1. The van der Waals surface area contributed by atoms with Crippen LogP contribution >= 0.6 is 0 Å². The van der Waals surface area contributed by atoms with Gasteiger partial charge in [-0.1, -0.05) is 5.92 Å². The monoisotopic (exact) mass is 120 g/mol. The maximum Gasteiger partial charge on any atom is 0.119 e. The molecule has 0 spiro atoms. The number of anilines is 1. The highest BCUT2D eigenvalue weighted by Crippen LogP contribution is 2.08. The third kappa shape index (κ3) is 0.768. The van der Waals surface area contributed by atoms with Crippen molar-refractivity contribution in [1.82, 2.24) is 4.57 Å². The number of terminal acetylenes is 1. The lowest BCUT2D eigenvalue weighted by atomic mass is 10.3. The third-order valence-electron chi connectivity index (χ3n) is 1.28. The van der Waals surface area contributed by atoms with Gasteiger partial charge in [-0.25, -0.2) is 0 Å². The van der Waals surface area contributed by atoms with Crippen molar-refractivity contribution in [1.29, 1.82) is 0 Å². The first-order valence-electron chi connectivity index (χ1n) is 2.63. The molecule has 0 amide bonds. The van der Waals surface area contributed by atoms with Crippen LogP contribution in [0.2, 0.25) is 0 Å². The van der Waals surface area contributed by atoms with Gasteiger partial charge in [-0.3, -0.25) is 0 Å². The molecule has 0 aliphatic heterocycles. The number of hydrogen-bond donors (Lipinski definition) is 1. The quantitative estimate of drug-likeness (QED) is 0.499. The van der Waals surface area contributed by atoms with Crippen molar-refractivity contribution in [2.75, 3.05) is 5.73 Å². The number of aryl methyl sites for hydroxylation is 1. The molecule has 0 fully saturated rings. The topological polar surface area (TPSA) is 30.9 Å². The lowest BCUT2D eigenvalue weighted by Gasteiger charge is -1.93. The minimum atomic E-state index is 0.650. The first kappa shape index (κ1) is 5.77. The van der Waals surface area contributed by atoms with Crippen LogP contribution in [0.4, 0.5) is 5.82 Å². The molecule has 46 valence electrons. The lowest BCUT2D eigenvalue weighted by molar-refractivity contribution is 0.941. The van der Waals surface area contributed by atoms with Crippen LogP contribution in [0, 0.1) is 12.3 Å². The molecule has 0 bridgehead atoms. The van der Waals surface area contributed by atoms with Gasteiger partial charge in [0, 0.05) is 13.2 Å². The van der Waals surface area contributed by atoms with E-state index in [1.165, 1.54) is 0 Å². The zero-order valence-corrected chi connectivity index (χ0v) is 5.26. The van der Waals surface area contributed by atoms with Crippen LogP contribution < -0.4 is 5.73 Å². The number of nitrogens with two attached hydrogens (primary N) is 1. The van der Waals surface area contributed by atoms with Gasteiger partial charge in [0.1, 0.15) is 5.82 Å². The van der Waals surface area contributed by atoms with Gasteiger partial charge >= 0.3 is 0 Å². The van der Waals surface area contributed by atoms with Crippen molar-refractivity contribution < 1.29 is 0 Å². The second kappa shape index (κ2) is 1.87. The predicted octanol–water partition coefficient (Wildman–Crippen LogP) is 0.589. The van der Waals surface area contributed by atoms with E-state index in [-0.39, 0.29) is 0 Å². The van der Waals surface area contributed by atoms with Gasteiger partial charge < -0.3 is 10.3 Å². The molecule has 2 heteroatoms. The summed E-state index contributed by atoms with van der Waals surface area (Å²) < 4.78 is 1.79. The molecule has 0 aromatic carbocycles. The largest absolute Gasteiger partial charge is 0.384 e. The molecule has 0 radical (unpaired) electrons. The van der Waals surface area contributed by atoms with Gasteiger partial charge in [-0.05, 0) is 6.07 Å². The van der Waals surface area contributed by atoms with Gasteiger partial charge in [-0.2, -0.15) is 0 Å². The molecule has 0 saturated carbocycles. The standard InChI is InChI=1S/C7H8N2/c1-3-6-4-5-9(2)7(6)8/h1,4-5H,8H2,2H3. The summed E-state index contributed by atoms with van der Waals surface area (Å²) in [5.74, 6) is 3.12. The number of aromatic nitrogens is 1. The molecule has 0 atom stereocenters. The molecular formula is C7H8N2. The highest BCUT2D eigenvalue weighted by atomic mass is 15.0. The SMILES string of the molecule is C#Cc1ccn(C)c1N. The van der Waals surface area contributed by atoms with Crippen molar-refractivity contribution in [3.05, 3.63) is 17.8 Å². The van der Waals surface area contributed by atoms with E-state index < -0.39 is 0 Å². The fourth-order valence-corrected chi connectivity index (χ4v) is 0.664. The molecule has 1 aromatic rings. The van der Waals surface area contributed by atoms with Crippen LogP contribution in [0.1, 0.15) is 5.56 Å². The van der Waals surface area contributed by atoms with Crippen LogP contribution in [0.15, 0.2) is 12.3 Å². The summed E-state index contributed by atoms with van der Waals surface area (Å²) in [5.41, 5.74) is 6.30. The van der Waals surface area contributed by atoms with Crippen LogP contribution in [0.3, 0.4) is 0 Å². The lowest BCUT2D eigenvalue weighted by Crippen LogP contribution is -1.95. The molecule has 2 N–H and O–H groups in total. The number of nitrogen functional groups attached to an aromatic ring is 1. The Balaban J connectivity index is 3.24. The molecule has 1 heterocycles. The molecule has 0 aliphatic rings. The maximum atomic E-state index is 5.53. The minimum Gasteiger partial charge on any atom is -0.384 e. The second-order valence-corrected chi connectivity index (χ2v) is 1.87. The third-order valence-corrected chi connectivity index (χ3v) is 1.28. The predicted molar refractivity (Wildman–Crippen MR) is 37.8 cm³/mol. The molecule has 9 heavy (non-hydrogen) atoms. The Morgan fingerprint density at radius 2 is 2.44 bits per heavy atom. The first-order valence-corrected chi connectivity index (χ1v) is 2.63. The van der Waals surface area contributed by atoms with E-state index in [9.17, 15) is 0 Å². The van der Waals surface area contributed by atoms with E-state index >= 15 is 0 Å². The Hall–Kier alpha value is -1.36. The zero-order valence-electron chi connectivity index (χ0n) is 5.26. The Morgan fingerprint density at radius 1 is 1.78 bits per heavy atom. The summed E-state index contributed by atoms with van der Waals surface area (Å²) in [6, 6.07) is 1.81. The van der Waals surface area contributed by atoms with Gasteiger partial charge in [0.15, 0.2) is 0 Å². The Morgan fingerprint density at radius 3 is 2.67 bits per heavy atom. The molecule has 0 saturated heterocycles. The Bertz CT molecular complexity index is 252. The first-order chi connectivity index (χ1) is 4.25. The van der Waals surface area contributed by atoms with Crippen molar-refractivity contribution >= 4 is 5.82 Å². The van der Waals surface area contributed by atoms with Gasteiger partial charge in [0.25, 0.3) is 0 Å². The van der Waals surface area contributed by atoms with Crippen LogP contribution in [-0.2, 0) is 7.05 Å². The van der Waals surface area contributed by atoms with Crippen LogP contribution in [-0.4, -0.2) is 4.57 Å². The molecule has 1 rings (SSSR count). The van der Waals surface area contributed by atoms with Crippen molar-refractivity contribution in [3.63, 3.8) is 0 Å². The average molecular weight is 120 g/mol. The summed E-state index contributed by atoms with van der Waals surface area (Å²) in [6.07, 6.45) is 6.96. The highest BCUT2D eigenvalue weighted by molar-refractivity contribution is 5.51. The van der Waals surface area contributed by atoms with Crippen LogP contribution in [0.5, 0.6) is 0 Å². The fraction of sp³-hybridized carbons (Fsp3) is 0.143. The van der Waals surface area contributed by atoms with E-state index in [1.54, 1.807) is 4.57 Å². The summed E-state index contributed by atoms with van der Waals surface area (Å²) in [4.78, 5) is 0. The average Bonchev–Trinajstić information content (AvgIpc) is 2.15. The van der Waals surface area contributed by atoms with E-state index in [0.717, 1.165) is 5.56 Å². The normalized spacial score (nSPS) is 8.89. The zero-order chi connectivity index (χ0) is 6.85. The van der Waals surface area contributed by atoms with Crippen molar-refractivity contribution in [2.24, 2.45) is 7.05 Å². The van der Waals surface area contributed by atoms with E-state index in [0.29, 0.717) is 5.82 Å². The summed E-state index contributed by atoms with van der Waals surface area (Å²) >= 11 is 0. The van der Waals surface area contributed by atoms with Gasteiger partial charge in [0.2, 0.25) is 0 Å². The fourth-order valence-electron chi connectivity index (χ4n) is 0.664. The van der Waals surface area contributed by atoms with Crippen molar-refractivity contribution in [3.8, 4) is 12.3 Å². The Labute approximate surface area is 54.3 Å². The number of nitrogens with zero attached hydrogens (tertiary/aromatic N) is 1. The molecule has 0 unspecified atom stereocenters. The maximum absolute atomic E-state index is 5.53. The minimum absolute atomic E-state index is 0.650. The molecule has 2 nitrogen and oxygen atoms in total. The molecule has 0 aliphatic carbocycles. The van der Waals surface area contributed by atoms with Crippen molar-refractivity contribution in [2.45, 2.75) is 0 Å². The molecular weight excluding hydrogens is 112 g/mol. The van der Waals surface area contributed by atoms with Crippen LogP contribution in [0.25, 0.3) is 0 Å². The van der Waals surface area contributed by atoms with E-state index in [1.807, 2.05) is 19.3 Å². The molecule has 1 aromatic heterocycles. The van der Waals surface area contributed by atoms with Gasteiger partial charge in [-0.15, -0.1) is 6.42 Å².